The molecule has 0 aliphatic carbocycles. The predicted octanol–water partition coefficient (Wildman–Crippen LogP) is 3.82. The van der Waals surface area contributed by atoms with E-state index in [9.17, 15) is 4.39 Å². The summed E-state index contributed by atoms with van der Waals surface area (Å²) in [5.41, 5.74) is 3.00. The van der Waals surface area contributed by atoms with Gasteiger partial charge in [-0.05, 0) is 47.5 Å². The van der Waals surface area contributed by atoms with Gasteiger partial charge in [-0.2, -0.15) is 0 Å². The summed E-state index contributed by atoms with van der Waals surface area (Å²) in [6.45, 7) is 0. The lowest BCUT2D eigenvalue weighted by Gasteiger charge is -2.20. The van der Waals surface area contributed by atoms with Gasteiger partial charge < -0.3 is 5.32 Å². The number of anilines is 1. The summed E-state index contributed by atoms with van der Waals surface area (Å²) >= 11 is 0. The number of hydrogen-bond acceptors (Lipinski definition) is 3. The van der Waals surface area contributed by atoms with Crippen LogP contribution in [0.15, 0.2) is 73.3 Å². The van der Waals surface area contributed by atoms with Crippen LogP contribution in [-0.4, -0.2) is 9.97 Å². The minimum Gasteiger partial charge on any atom is -0.374 e. The van der Waals surface area contributed by atoms with Crippen LogP contribution in [0.4, 0.5) is 10.1 Å². The van der Waals surface area contributed by atoms with Crippen LogP contribution in [0.1, 0.15) is 17.2 Å². The monoisotopic (exact) mass is 279 g/mol. The van der Waals surface area contributed by atoms with Crippen molar-refractivity contribution in [1.29, 1.82) is 0 Å². The molecule has 2 aromatic heterocycles. The Labute approximate surface area is 122 Å². The molecule has 0 fully saturated rings. The van der Waals surface area contributed by atoms with Crippen LogP contribution in [0.25, 0.3) is 0 Å². The molecular formula is C17H14FN3. The first-order valence-corrected chi connectivity index (χ1v) is 6.65. The fourth-order valence-electron chi connectivity index (χ4n) is 2.19. The minimum absolute atomic E-state index is 0.0731. The van der Waals surface area contributed by atoms with Gasteiger partial charge in [0.25, 0.3) is 0 Å². The Morgan fingerprint density at radius 3 is 1.86 bits per heavy atom. The fraction of sp³-hybridized carbons (Fsp3) is 0.0588. The molecule has 0 amide bonds. The smallest absolute Gasteiger partial charge is 0.123 e. The number of aromatic nitrogens is 2. The maximum atomic E-state index is 13.1. The van der Waals surface area contributed by atoms with Crippen LogP contribution < -0.4 is 5.32 Å². The Hall–Kier alpha value is -2.75. The van der Waals surface area contributed by atoms with Crippen molar-refractivity contribution in [2.45, 2.75) is 6.04 Å². The van der Waals surface area contributed by atoms with E-state index in [1.165, 1.54) is 12.1 Å². The van der Waals surface area contributed by atoms with Crippen LogP contribution >= 0.6 is 0 Å². The molecule has 0 saturated heterocycles. The molecule has 3 aromatic rings. The number of pyridine rings is 2. The van der Waals surface area contributed by atoms with E-state index >= 15 is 0 Å². The second kappa shape index (κ2) is 6.13. The summed E-state index contributed by atoms with van der Waals surface area (Å²) in [5, 5.41) is 3.44. The van der Waals surface area contributed by atoms with E-state index in [1.54, 1.807) is 36.9 Å². The third-order valence-corrected chi connectivity index (χ3v) is 3.23. The molecule has 0 saturated carbocycles. The first-order chi connectivity index (χ1) is 10.3. The average Bonchev–Trinajstić information content (AvgIpc) is 2.55. The average molecular weight is 279 g/mol. The topological polar surface area (TPSA) is 37.8 Å². The van der Waals surface area contributed by atoms with Gasteiger partial charge in [0.1, 0.15) is 5.82 Å². The SMILES string of the molecule is Fc1ccc(C(Nc2ccncc2)c2ccncc2)cc1. The van der Waals surface area contributed by atoms with Gasteiger partial charge in [0.2, 0.25) is 0 Å². The van der Waals surface area contributed by atoms with Crippen molar-refractivity contribution in [3.8, 4) is 0 Å². The number of nitrogens with zero attached hydrogens (tertiary/aromatic N) is 2. The number of benzene rings is 1. The Morgan fingerprint density at radius 2 is 1.24 bits per heavy atom. The highest BCUT2D eigenvalue weighted by Crippen LogP contribution is 2.26. The Bertz CT molecular complexity index is 684. The van der Waals surface area contributed by atoms with Gasteiger partial charge in [0.15, 0.2) is 0 Å². The van der Waals surface area contributed by atoms with Gasteiger partial charge in [-0.25, -0.2) is 4.39 Å². The summed E-state index contributed by atoms with van der Waals surface area (Å²) in [4.78, 5) is 8.05. The van der Waals surface area contributed by atoms with Crippen molar-refractivity contribution < 1.29 is 4.39 Å². The normalized spacial score (nSPS) is 11.9. The molecule has 0 spiro atoms. The minimum atomic E-state index is -0.240. The van der Waals surface area contributed by atoms with Gasteiger partial charge in [0.05, 0.1) is 6.04 Å². The summed E-state index contributed by atoms with van der Waals surface area (Å²) in [5.74, 6) is -0.240. The number of rotatable bonds is 4. The van der Waals surface area contributed by atoms with E-state index in [0.29, 0.717) is 0 Å². The highest BCUT2D eigenvalue weighted by Gasteiger charge is 2.14. The Kier molecular flexibility index (Phi) is 3.87. The zero-order valence-corrected chi connectivity index (χ0v) is 11.3. The van der Waals surface area contributed by atoms with Crippen molar-refractivity contribution in [3.05, 3.63) is 90.3 Å². The molecule has 1 atom stereocenters. The number of halogens is 1. The fourth-order valence-corrected chi connectivity index (χ4v) is 2.19. The first kappa shape index (κ1) is 13.2. The standard InChI is InChI=1S/C17H14FN3/c18-15-3-1-13(2-4-15)17(14-5-9-19-10-6-14)21-16-7-11-20-12-8-16/h1-12,17H,(H,20,21). The third kappa shape index (κ3) is 3.23. The molecule has 0 radical (unpaired) electrons. The highest BCUT2D eigenvalue weighted by molar-refractivity contribution is 5.47. The van der Waals surface area contributed by atoms with E-state index in [-0.39, 0.29) is 11.9 Å². The molecule has 3 nitrogen and oxygen atoms in total. The van der Waals surface area contributed by atoms with Crippen molar-refractivity contribution >= 4 is 5.69 Å². The van der Waals surface area contributed by atoms with E-state index < -0.39 is 0 Å². The van der Waals surface area contributed by atoms with E-state index in [1.807, 2.05) is 24.3 Å². The van der Waals surface area contributed by atoms with Gasteiger partial charge in [0, 0.05) is 30.5 Å². The molecule has 4 heteroatoms. The molecule has 21 heavy (non-hydrogen) atoms. The van der Waals surface area contributed by atoms with Crippen molar-refractivity contribution in [2.24, 2.45) is 0 Å². The summed E-state index contributed by atoms with van der Waals surface area (Å²) in [7, 11) is 0. The molecular weight excluding hydrogens is 265 g/mol. The van der Waals surface area contributed by atoms with E-state index in [0.717, 1.165) is 16.8 Å². The van der Waals surface area contributed by atoms with Crippen LogP contribution in [-0.2, 0) is 0 Å². The molecule has 1 N–H and O–H groups in total. The molecule has 0 bridgehead atoms. The van der Waals surface area contributed by atoms with Crippen LogP contribution in [0.2, 0.25) is 0 Å². The second-order valence-corrected chi connectivity index (χ2v) is 4.65. The van der Waals surface area contributed by atoms with Gasteiger partial charge >= 0.3 is 0 Å². The summed E-state index contributed by atoms with van der Waals surface area (Å²) in [6.07, 6.45) is 6.97. The molecule has 3 rings (SSSR count). The maximum absolute atomic E-state index is 13.1. The highest BCUT2D eigenvalue weighted by atomic mass is 19.1. The molecule has 104 valence electrons. The van der Waals surface area contributed by atoms with Crippen molar-refractivity contribution in [1.82, 2.24) is 9.97 Å². The van der Waals surface area contributed by atoms with Gasteiger partial charge in [-0.15, -0.1) is 0 Å². The predicted molar refractivity (Wildman–Crippen MR) is 80.3 cm³/mol. The van der Waals surface area contributed by atoms with Gasteiger partial charge in [-0.1, -0.05) is 12.1 Å². The van der Waals surface area contributed by atoms with Gasteiger partial charge in [-0.3, -0.25) is 9.97 Å². The van der Waals surface area contributed by atoms with Crippen LogP contribution in [0.5, 0.6) is 0 Å². The maximum Gasteiger partial charge on any atom is 0.123 e. The largest absolute Gasteiger partial charge is 0.374 e. The molecule has 2 heterocycles. The van der Waals surface area contributed by atoms with Crippen molar-refractivity contribution in [2.75, 3.05) is 5.32 Å². The Morgan fingerprint density at radius 1 is 0.714 bits per heavy atom. The molecule has 0 aliphatic rings. The second-order valence-electron chi connectivity index (χ2n) is 4.65. The van der Waals surface area contributed by atoms with Crippen LogP contribution in [0.3, 0.4) is 0 Å². The third-order valence-electron chi connectivity index (χ3n) is 3.23. The molecule has 1 unspecified atom stereocenters. The van der Waals surface area contributed by atoms with Crippen LogP contribution in [0, 0.1) is 5.82 Å². The van der Waals surface area contributed by atoms with E-state index in [4.69, 9.17) is 0 Å². The summed E-state index contributed by atoms with van der Waals surface area (Å²) < 4.78 is 13.1. The quantitative estimate of drug-likeness (QED) is 0.789. The molecule has 0 aliphatic heterocycles. The first-order valence-electron chi connectivity index (χ1n) is 6.65. The zero-order chi connectivity index (χ0) is 14.5. The van der Waals surface area contributed by atoms with Crippen molar-refractivity contribution in [3.63, 3.8) is 0 Å². The zero-order valence-electron chi connectivity index (χ0n) is 11.3. The van der Waals surface area contributed by atoms with E-state index in [2.05, 4.69) is 15.3 Å². The lowest BCUT2D eigenvalue weighted by Crippen LogP contribution is -2.12. The lowest BCUT2D eigenvalue weighted by molar-refractivity contribution is 0.626. The summed E-state index contributed by atoms with van der Waals surface area (Å²) in [6, 6.07) is 14.1. The lowest BCUT2D eigenvalue weighted by atomic mass is 9.99. The number of hydrogen-bond donors (Lipinski definition) is 1. The number of nitrogens with one attached hydrogen (secondary N) is 1. The molecule has 1 aromatic carbocycles. The Balaban J connectivity index is 1.97.